The molecule has 8 heteroatoms. The van der Waals surface area contributed by atoms with Gasteiger partial charge in [-0.15, -0.1) is 0 Å². The summed E-state index contributed by atoms with van der Waals surface area (Å²) in [6.07, 6.45) is 3.10. The van der Waals surface area contributed by atoms with Crippen LogP contribution in [0.3, 0.4) is 0 Å². The van der Waals surface area contributed by atoms with Crippen molar-refractivity contribution in [2.24, 2.45) is 11.8 Å². The van der Waals surface area contributed by atoms with Crippen molar-refractivity contribution >= 4 is 27.7 Å². The van der Waals surface area contributed by atoms with Gasteiger partial charge < -0.3 is 10.4 Å². The molecule has 0 aromatic heterocycles. The van der Waals surface area contributed by atoms with Gasteiger partial charge in [-0.1, -0.05) is 31.5 Å². The molecule has 0 heterocycles. The molecule has 1 rings (SSSR count). The molecule has 0 radical (unpaired) electrons. The van der Waals surface area contributed by atoms with Crippen LogP contribution in [0.15, 0.2) is 29.2 Å². The minimum Gasteiger partial charge on any atom is -0.396 e. The largest absolute Gasteiger partial charge is 0.396 e. The molecular formula is C19H32N2O4S2. The molecule has 0 bridgehead atoms. The van der Waals surface area contributed by atoms with Gasteiger partial charge in [0.05, 0.1) is 4.90 Å². The molecule has 2 atom stereocenters. The number of hydrogen-bond donors (Lipinski definition) is 3. The van der Waals surface area contributed by atoms with E-state index < -0.39 is 16.1 Å². The predicted molar refractivity (Wildman–Crippen MR) is 111 cm³/mol. The van der Waals surface area contributed by atoms with Crippen LogP contribution < -0.4 is 10.0 Å². The normalized spacial score (nSPS) is 14.1. The van der Waals surface area contributed by atoms with Gasteiger partial charge in [0, 0.05) is 13.2 Å². The number of hydrogen-bond acceptors (Lipinski definition) is 5. The average Bonchev–Trinajstić information content (AvgIpc) is 2.61. The lowest BCUT2D eigenvalue weighted by Gasteiger charge is -2.21. The molecule has 0 fully saturated rings. The topological polar surface area (TPSA) is 95.5 Å². The highest BCUT2D eigenvalue weighted by molar-refractivity contribution is 7.98. The molecular weight excluding hydrogens is 384 g/mol. The number of thioether (sulfide) groups is 1. The van der Waals surface area contributed by atoms with Crippen molar-refractivity contribution < 1.29 is 18.3 Å². The highest BCUT2D eigenvalue weighted by Crippen LogP contribution is 2.13. The number of benzene rings is 1. The van der Waals surface area contributed by atoms with E-state index >= 15 is 0 Å². The lowest BCUT2D eigenvalue weighted by molar-refractivity contribution is -0.123. The maximum atomic E-state index is 12.6. The van der Waals surface area contributed by atoms with E-state index in [-0.39, 0.29) is 23.3 Å². The maximum Gasteiger partial charge on any atom is 0.241 e. The van der Waals surface area contributed by atoms with E-state index in [0.29, 0.717) is 24.6 Å². The van der Waals surface area contributed by atoms with Crippen molar-refractivity contribution in [1.29, 1.82) is 0 Å². The number of aliphatic hydroxyl groups is 1. The molecule has 0 spiro atoms. The number of rotatable bonds is 12. The van der Waals surface area contributed by atoms with E-state index in [1.807, 2.05) is 13.2 Å². The van der Waals surface area contributed by atoms with E-state index in [2.05, 4.69) is 23.9 Å². The molecule has 1 amide bonds. The first-order valence-electron chi connectivity index (χ1n) is 9.16. The van der Waals surface area contributed by atoms with Crippen LogP contribution in [-0.4, -0.2) is 50.6 Å². The molecule has 27 heavy (non-hydrogen) atoms. The summed E-state index contributed by atoms with van der Waals surface area (Å²) in [5, 5.41) is 12.3. The Morgan fingerprint density at radius 3 is 2.37 bits per heavy atom. The molecule has 0 saturated carbocycles. The number of aliphatic hydroxyl groups excluding tert-OH is 1. The zero-order chi connectivity index (χ0) is 20.4. The fraction of sp³-hybridized carbons (Fsp3) is 0.632. The summed E-state index contributed by atoms with van der Waals surface area (Å²) in [5.74, 6) is 0.668. The number of carbonyl (C=O) groups is 1. The third-order valence-electron chi connectivity index (χ3n) is 4.18. The van der Waals surface area contributed by atoms with Crippen LogP contribution in [0.5, 0.6) is 0 Å². The lowest BCUT2D eigenvalue weighted by atomic mass is 9.98. The van der Waals surface area contributed by atoms with Gasteiger partial charge in [-0.25, -0.2) is 8.42 Å². The second kappa shape index (κ2) is 11.7. The van der Waals surface area contributed by atoms with E-state index in [1.165, 1.54) is 12.1 Å². The van der Waals surface area contributed by atoms with Crippen molar-refractivity contribution in [2.75, 3.05) is 25.2 Å². The summed E-state index contributed by atoms with van der Waals surface area (Å²) in [6, 6.07) is 5.67. The summed E-state index contributed by atoms with van der Waals surface area (Å²) in [4.78, 5) is 12.7. The first kappa shape index (κ1) is 23.9. The fourth-order valence-electron chi connectivity index (χ4n) is 2.71. The Labute approximate surface area is 167 Å². The first-order valence-corrected chi connectivity index (χ1v) is 12.0. The summed E-state index contributed by atoms with van der Waals surface area (Å²) < 4.78 is 27.8. The van der Waals surface area contributed by atoms with Gasteiger partial charge in [-0.3, -0.25) is 4.79 Å². The van der Waals surface area contributed by atoms with Gasteiger partial charge in [0.15, 0.2) is 0 Å². The first-order chi connectivity index (χ1) is 12.7. The Morgan fingerprint density at radius 2 is 1.85 bits per heavy atom. The zero-order valence-electron chi connectivity index (χ0n) is 16.6. The summed E-state index contributed by atoms with van der Waals surface area (Å²) in [6.45, 7) is 6.31. The van der Waals surface area contributed by atoms with E-state index in [9.17, 15) is 18.3 Å². The van der Waals surface area contributed by atoms with Gasteiger partial charge in [0.25, 0.3) is 0 Å². The molecule has 0 unspecified atom stereocenters. The van der Waals surface area contributed by atoms with Crippen LogP contribution in [0.25, 0.3) is 0 Å². The smallest absolute Gasteiger partial charge is 0.241 e. The molecule has 6 nitrogen and oxygen atoms in total. The van der Waals surface area contributed by atoms with Crippen LogP contribution in [-0.2, 0) is 14.8 Å². The Bertz CT molecular complexity index is 675. The average molecular weight is 417 g/mol. The quantitative estimate of drug-likeness (QED) is 0.485. The summed E-state index contributed by atoms with van der Waals surface area (Å²) in [5.41, 5.74) is 0.964. The molecule has 0 saturated heterocycles. The molecule has 1 aromatic carbocycles. The van der Waals surface area contributed by atoms with Crippen LogP contribution >= 0.6 is 11.8 Å². The number of amides is 1. The summed E-state index contributed by atoms with van der Waals surface area (Å²) >= 11 is 1.55. The molecule has 0 aliphatic carbocycles. The van der Waals surface area contributed by atoms with E-state index in [4.69, 9.17) is 0 Å². The SMILES string of the molecule is CSCC[C@H](NS(=O)(=O)c1ccc(C)cc1)C(=O)NC[C@H](CO)CC(C)C. The second-order valence-corrected chi connectivity index (χ2v) is 9.89. The van der Waals surface area contributed by atoms with Gasteiger partial charge in [0.2, 0.25) is 15.9 Å². The fourth-order valence-corrected chi connectivity index (χ4v) is 4.41. The molecule has 0 aliphatic heterocycles. The van der Waals surface area contributed by atoms with Crippen molar-refractivity contribution in [3.63, 3.8) is 0 Å². The lowest BCUT2D eigenvalue weighted by Crippen LogP contribution is -2.48. The Morgan fingerprint density at radius 1 is 1.22 bits per heavy atom. The van der Waals surface area contributed by atoms with Crippen molar-refractivity contribution in [2.45, 2.75) is 44.6 Å². The zero-order valence-corrected chi connectivity index (χ0v) is 18.2. The van der Waals surface area contributed by atoms with Crippen LogP contribution in [0.4, 0.5) is 0 Å². The standard InChI is InChI=1S/C19H32N2O4S2/c1-14(2)11-16(13-22)12-20-19(23)18(9-10-26-4)21-27(24,25)17-7-5-15(3)6-8-17/h5-8,14,16,18,21-22H,9-13H2,1-4H3,(H,20,23)/t16-,18+/m1/s1. The third-order valence-corrected chi connectivity index (χ3v) is 6.32. The van der Waals surface area contributed by atoms with Crippen LogP contribution in [0.2, 0.25) is 0 Å². The minimum atomic E-state index is -3.78. The number of carbonyl (C=O) groups excluding carboxylic acids is 1. The molecule has 1 aromatic rings. The molecule has 0 aliphatic rings. The monoisotopic (exact) mass is 416 g/mol. The van der Waals surface area contributed by atoms with Crippen molar-refractivity contribution in [3.8, 4) is 0 Å². The Balaban J connectivity index is 2.81. The molecule has 154 valence electrons. The number of nitrogens with one attached hydrogen (secondary N) is 2. The van der Waals surface area contributed by atoms with Gasteiger partial charge in [-0.05, 0) is 55.7 Å². The summed E-state index contributed by atoms with van der Waals surface area (Å²) in [7, 11) is -3.78. The predicted octanol–water partition coefficient (Wildman–Crippen LogP) is 2.17. The minimum absolute atomic E-state index is 0.0109. The Hall–Kier alpha value is -1.09. The highest BCUT2D eigenvalue weighted by atomic mass is 32.2. The number of aryl methyl sites for hydroxylation is 1. The molecule has 3 N–H and O–H groups in total. The van der Waals surface area contributed by atoms with Crippen molar-refractivity contribution in [3.05, 3.63) is 29.8 Å². The Kier molecular flexibility index (Phi) is 10.4. The van der Waals surface area contributed by atoms with E-state index in [0.717, 1.165) is 12.0 Å². The second-order valence-electron chi connectivity index (χ2n) is 7.19. The number of sulfonamides is 1. The highest BCUT2D eigenvalue weighted by Gasteiger charge is 2.26. The van der Waals surface area contributed by atoms with Crippen LogP contribution in [0.1, 0.15) is 32.3 Å². The third kappa shape index (κ3) is 8.64. The van der Waals surface area contributed by atoms with Crippen molar-refractivity contribution in [1.82, 2.24) is 10.0 Å². The van der Waals surface area contributed by atoms with E-state index in [1.54, 1.807) is 23.9 Å². The van der Waals surface area contributed by atoms with Gasteiger partial charge in [0.1, 0.15) is 6.04 Å². The van der Waals surface area contributed by atoms with Gasteiger partial charge >= 0.3 is 0 Å². The maximum absolute atomic E-state index is 12.6. The van der Waals surface area contributed by atoms with Gasteiger partial charge in [-0.2, -0.15) is 16.5 Å². The van der Waals surface area contributed by atoms with Crippen LogP contribution in [0, 0.1) is 18.8 Å².